The highest BCUT2D eigenvalue weighted by Gasteiger charge is 2.31. The number of sulfonamides is 1. The fraction of sp³-hybridized carbons (Fsp3) is 0.583. The SMILES string of the molecule is C[C@@H]1CCCCN1S(=O)(=O)c1ccc2[nH]c(=O)cc(C(=O)NCCN3CCCC[C@@H]3C)c2c1. The van der Waals surface area contributed by atoms with Crippen molar-refractivity contribution in [1.29, 1.82) is 0 Å². The van der Waals surface area contributed by atoms with Crippen LogP contribution in [0.2, 0.25) is 0 Å². The average molecular weight is 475 g/mol. The summed E-state index contributed by atoms with van der Waals surface area (Å²) in [6.07, 6.45) is 6.28. The van der Waals surface area contributed by atoms with Crippen LogP contribution in [0.15, 0.2) is 34.0 Å². The van der Waals surface area contributed by atoms with E-state index in [1.807, 2.05) is 6.92 Å². The Hall–Kier alpha value is -2.23. The number of aromatic nitrogens is 1. The number of nitrogens with one attached hydrogen (secondary N) is 2. The van der Waals surface area contributed by atoms with E-state index in [-0.39, 0.29) is 22.4 Å². The summed E-state index contributed by atoms with van der Waals surface area (Å²) < 4.78 is 28.2. The Balaban J connectivity index is 1.58. The minimum Gasteiger partial charge on any atom is -0.351 e. The van der Waals surface area contributed by atoms with Crippen LogP contribution in [-0.4, -0.2) is 66.8 Å². The van der Waals surface area contributed by atoms with Gasteiger partial charge in [0.1, 0.15) is 0 Å². The summed E-state index contributed by atoms with van der Waals surface area (Å²) in [5, 5.41) is 3.36. The second kappa shape index (κ2) is 9.95. The molecule has 2 atom stereocenters. The molecule has 2 fully saturated rings. The van der Waals surface area contributed by atoms with Gasteiger partial charge in [-0.1, -0.05) is 12.8 Å². The second-order valence-corrected chi connectivity index (χ2v) is 11.2. The molecular weight excluding hydrogens is 440 g/mol. The molecule has 8 nitrogen and oxygen atoms in total. The topological polar surface area (TPSA) is 103 Å². The van der Waals surface area contributed by atoms with Crippen molar-refractivity contribution in [1.82, 2.24) is 19.5 Å². The summed E-state index contributed by atoms with van der Waals surface area (Å²) in [6.45, 7) is 6.88. The number of pyridine rings is 1. The van der Waals surface area contributed by atoms with Crippen LogP contribution in [0.25, 0.3) is 10.9 Å². The van der Waals surface area contributed by atoms with Crippen molar-refractivity contribution in [3.8, 4) is 0 Å². The summed E-state index contributed by atoms with van der Waals surface area (Å²) >= 11 is 0. The molecule has 0 spiro atoms. The molecule has 0 saturated carbocycles. The number of amides is 1. The van der Waals surface area contributed by atoms with E-state index in [9.17, 15) is 18.0 Å². The molecule has 3 heterocycles. The Kier molecular flexibility index (Phi) is 7.21. The van der Waals surface area contributed by atoms with E-state index in [0.29, 0.717) is 30.0 Å². The Morgan fingerprint density at radius 2 is 1.79 bits per heavy atom. The molecule has 2 N–H and O–H groups in total. The minimum atomic E-state index is -3.69. The summed E-state index contributed by atoms with van der Waals surface area (Å²) in [4.78, 5) is 30.4. The van der Waals surface area contributed by atoms with Crippen LogP contribution in [0.4, 0.5) is 0 Å². The fourth-order valence-corrected chi connectivity index (χ4v) is 6.77. The average Bonchev–Trinajstić information content (AvgIpc) is 2.79. The highest BCUT2D eigenvalue weighted by atomic mass is 32.2. The number of piperidine rings is 2. The number of H-pyrrole nitrogens is 1. The highest BCUT2D eigenvalue weighted by Crippen LogP contribution is 2.27. The van der Waals surface area contributed by atoms with Crippen molar-refractivity contribution in [2.24, 2.45) is 0 Å². The van der Waals surface area contributed by atoms with Gasteiger partial charge in [0.15, 0.2) is 0 Å². The summed E-state index contributed by atoms with van der Waals surface area (Å²) in [5.41, 5.74) is 0.254. The number of hydrogen-bond acceptors (Lipinski definition) is 5. The molecule has 1 aromatic heterocycles. The van der Waals surface area contributed by atoms with Gasteiger partial charge in [0, 0.05) is 48.7 Å². The lowest BCUT2D eigenvalue weighted by Crippen LogP contribution is -2.42. The maximum absolute atomic E-state index is 13.3. The summed E-state index contributed by atoms with van der Waals surface area (Å²) in [6, 6.07) is 6.29. The lowest BCUT2D eigenvalue weighted by Gasteiger charge is -2.33. The quantitative estimate of drug-likeness (QED) is 0.670. The molecule has 2 saturated heterocycles. The van der Waals surface area contributed by atoms with E-state index in [1.54, 1.807) is 10.4 Å². The van der Waals surface area contributed by atoms with Crippen LogP contribution >= 0.6 is 0 Å². The van der Waals surface area contributed by atoms with E-state index in [4.69, 9.17) is 0 Å². The number of hydrogen-bond donors (Lipinski definition) is 2. The smallest absolute Gasteiger partial charge is 0.252 e. The van der Waals surface area contributed by atoms with Gasteiger partial charge in [-0.05, 0) is 64.3 Å². The third-order valence-corrected chi connectivity index (χ3v) is 9.04. The molecule has 4 rings (SSSR count). The first-order chi connectivity index (χ1) is 15.8. The molecular formula is C24H34N4O4S. The second-order valence-electron chi connectivity index (χ2n) is 9.35. The largest absolute Gasteiger partial charge is 0.351 e. The van der Waals surface area contributed by atoms with Gasteiger partial charge in [-0.2, -0.15) is 4.31 Å². The Labute approximate surface area is 195 Å². The van der Waals surface area contributed by atoms with E-state index >= 15 is 0 Å². The van der Waals surface area contributed by atoms with E-state index in [2.05, 4.69) is 22.1 Å². The number of nitrogens with zero attached hydrogens (tertiary/aromatic N) is 2. The molecule has 9 heteroatoms. The monoisotopic (exact) mass is 474 g/mol. The zero-order valence-corrected chi connectivity index (χ0v) is 20.3. The predicted molar refractivity (Wildman–Crippen MR) is 129 cm³/mol. The Morgan fingerprint density at radius 3 is 2.52 bits per heavy atom. The lowest BCUT2D eigenvalue weighted by molar-refractivity contribution is 0.0940. The van der Waals surface area contributed by atoms with Crippen LogP contribution in [-0.2, 0) is 10.0 Å². The molecule has 2 aliphatic heterocycles. The van der Waals surface area contributed by atoms with Gasteiger partial charge >= 0.3 is 0 Å². The number of carbonyl (C=O) groups excluding carboxylic acids is 1. The number of fused-ring (bicyclic) bond motifs is 1. The van der Waals surface area contributed by atoms with Crippen LogP contribution in [0.5, 0.6) is 0 Å². The minimum absolute atomic E-state index is 0.0602. The standard InChI is InChI=1S/C24H34N4O4S/c1-17-7-3-5-12-27(17)14-11-25-24(30)21-16-23(29)26-22-10-9-19(15-20(21)22)33(31,32)28-13-6-4-8-18(28)2/h9-10,15-18H,3-8,11-14H2,1-2H3,(H,25,30)(H,26,29)/t17-,18+/m0/s1. The van der Waals surface area contributed by atoms with Crippen molar-refractivity contribution in [3.05, 3.63) is 40.2 Å². The first-order valence-electron chi connectivity index (χ1n) is 12.0. The molecule has 0 unspecified atom stereocenters. The van der Waals surface area contributed by atoms with Crippen molar-refractivity contribution in [3.63, 3.8) is 0 Å². The van der Waals surface area contributed by atoms with Crippen LogP contribution in [0.1, 0.15) is 62.7 Å². The molecule has 1 aromatic carbocycles. The van der Waals surface area contributed by atoms with E-state index in [0.717, 1.165) is 32.4 Å². The molecule has 180 valence electrons. The van der Waals surface area contributed by atoms with E-state index < -0.39 is 15.6 Å². The first kappa shape index (κ1) is 23.9. The zero-order chi connectivity index (χ0) is 23.6. The van der Waals surface area contributed by atoms with Gasteiger partial charge in [-0.25, -0.2) is 8.42 Å². The number of rotatable bonds is 6. The molecule has 0 radical (unpaired) electrons. The molecule has 0 aliphatic carbocycles. The van der Waals surface area contributed by atoms with Gasteiger partial charge in [0.2, 0.25) is 15.6 Å². The maximum Gasteiger partial charge on any atom is 0.252 e. The Bertz CT molecular complexity index is 1180. The fourth-order valence-electron chi connectivity index (χ4n) is 5.04. The van der Waals surface area contributed by atoms with Crippen molar-refractivity contribution < 1.29 is 13.2 Å². The van der Waals surface area contributed by atoms with Crippen LogP contribution in [0, 0.1) is 0 Å². The molecule has 1 amide bonds. The normalized spacial score (nSPS) is 23.0. The molecule has 2 aliphatic rings. The molecule has 33 heavy (non-hydrogen) atoms. The van der Waals surface area contributed by atoms with Crippen molar-refractivity contribution in [2.75, 3.05) is 26.2 Å². The molecule has 2 aromatic rings. The lowest BCUT2D eigenvalue weighted by atomic mass is 10.0. The number of aromatic amines is 1. The van der Waals surface area contributed by atoms with E-state index in [1.165, 1.54) is 37.5 Å². The Morgan fingerprint density at radius 1 is 1.06 bits per heavy atom. The van der Waals surface area contributed by atoms with Gasteiger partial charge < -0.3 is 10.3 Å². The van der Waals surface area contributed by atoms with Crippen LogP contribution in [0.3, 0.4) is 0 Å². The number of likely N-dealkylation sites (tertiary alicyclic amines) is 1. The van der Waals surface area contributed by atoms with Crippen LogP contribution < -0.4 is 10.9 Å². The zero-order valence-electron chi connectivity index (χ0n) is 19.5. The first-order valence-corrected chi connectivity index (χ1v) is 13.4. The van der Waals surface area contributed by atoms with Gasteiger partial charge in [0.25, 0.3) is 5.91 Å². The third kappa shape index (κ3) is 5.15. The predicted octanol–water partition coefficient (Wildman–Crippen LogP) is 2.70. The van der Waals surface area contributed by atoms with Gasteiger partial charge in [-0.3, -0.25) is 14.5 Å². The summed E-state index contributed by atoms with van der Waals surface area (Å²) in [7, 11) is -3.69. The third-order valence-electron chi connectivity index (χ3n) is 7.03. The van der Waals surface area contributed by atoms with Gasteiger partial charge in [-0.15, -0.1) is 0 Å². The number of carbonyl (C=O) groups is 1. The summed E-state index contributed by atoms with van der Waals surface area (Å²) in [5.74, 6) is -0.364. The molecule has 0 bridgehead atoms. The maximum atomic E-state index is 13.3. The highest BCUT2D eigenvalue weighted by molar-refractivity contribution is 7.89. The van der Waals surface area contributed by atoms with Crippen molar-refractivity contribution in [2.45, 2.75) is 69.4 Å². The number of benzene rings is 1. The van der Waals surface area contributed by atoms with Crippen molar-refractivity contribution >= 4 is 26.8 Å². The van der Waals surface area contributed by atoms with Gasteiger partial charge in [0.05, 0.1) is 10.5 Å².